The van der Waals surface area contributed by atoms with Gasteiger partial charge in [-0.1, -0.05) is 32.6 Å². The van der Waals surface area contributed by atoms with Crippen LogP contribution in [-0.2, 0) is 4.79 Å². The van der Waals surface area contributed by atoms with Gasteiger partial charge < -0.3 is 10.4 Å². The Balaban J connectivity index is 1.96. The third-order valence-electron chi connectivity index (χ3n) is 4.08. The fourth-order valence-electron chi connectivity index (χ4n) is 2.86. The number of benzene rings is 1. The molecule has 21 heavy (non-hydrogen) atoms. The van der Waals surface area contributed by atoms with E-state index < -0.39 is 11.8 Å². The summed E-state index contributed by atoms with van der Waals surface area (Å²) in [5.74, 6) is -1.72. The van der Waals surface area contributed by atoms with Gasteiger partial charge in [0.05, 0.1) is 11.3 Å². The zero-order chi connectivity index (χ0) is 15.4. The first-order valence-electron chi connectivity index (χ1n) is 7.31. The quantitative estimate of drug-likeness (QED) is 0.870. The van der Waals surface area contributed by atoms with E-state index in [4.69, 9.17) is 5.11 Å². The summed E-state index contributed by atoms with van der Waals surface area (Å²) in [4.78, 5) is 22.8. The van der Waals surface area contributed by atoms with Crippen LogP contribution in [0.3, 0.4) is 0 Å². The lowest BCUT2D eigenvalue weighted by Gasteiger charge is -2.16. The molecule has 4 nitrogen and oxygen atoms in total. The fourth-order valence-corrected chi connectivity index (χ4v) is 2.86. The van der Waals surface area contributed by atoms with Gasteiger partial charge >= 0.3 is 5.97 Å². The van der Waals surface area contributed by atoms with Crippen molar-refractivity contribution in [3.05, 3.63) is 29.6 Å². The van der Waals surface area contributed by atoms with E-state index in [-0.39, 0.29) is 23.1 Å². The van der Waals surface area contributed by atoms with Gasteiger partial charge in [0.25, 0.3) is 0 Å². The Morgan fingerprint density at radius 1 is 1.38 bits per heavy atom. The van der Waals surface area contributed by atoms with E-state index >= 15 is 0 Å². The lowest BCUT2D eigenvalue weighted by atomic mass is 9.94. The third-order valence-corrected chi connectivity index (χ3v) is 4.08. The molecule has 1 atom stereocenters. The highest BCUT2D eigenvalue weighted by molar-refractivity contribution is 5.93. The Morgan fingerprint density at radius 2 is 2.05 bits per heavy atom. The fraction of sp³-hybridized carbons (Fsp3) is 0.500. The number of amides is 1. The van der Waals surface area contributed by atoms with Crippen molar-refractivity contribution in [2.75, 3.05) is 5.32 Å². The summed E-state index contributed by atoms with van der Waals surface area (Å²) in [6, 6.07) is 3.49. The molecule has 1 aliphatic carbocycles. The number of rotatable bonds is 5. The van der Waals surface area contributed by atoms with Gasteiger partial charge in [0, 0.05) is 5.92 Å². The largest absolute Gasteiger partial charge is 0.478 e. The van der Waals surface area contributed by atoms with E-state index in [9.17, 15) is 14.0 Å². The van der Waals surface area contributed by atoms with Crippen molar-refractivity contribution in [1.29, 1.82) is 0 Å². The number of halogens is 1. The SMILES string of the molecule is CC(CC1CCCC1)C(=O)Nc1ccc(C(=O)O)cc1F. The highest BCUT2D eigenvalue weighted by Gasteiger charge is 2.22. The number of anilines is 1. The molecule has 1 amide bonds. The van der Waals surface area contributed by atoms with E-state index in [1.807, 2.05) is 6.92 Å². The number of carbonyl (C=O) groups excluding carboxylic acids is 1. The van der Waals surface area contributed by atoms with Gasteiger partial charge in [0.15, 0.2) is 0 Å². The minimum absolute atomic E-state index is 0.0308. The second-order valence-electron chi connectivity index (χ2n) is 5.78. The first-order chi connectivity index (χ1) is 9.97. The molecule has 0 aliphatic heterocycles. The summed E-state index contributed by atoms with van der Waals surface area (Å²) in [6.07, 6.45) is 5.60. The molecule has 1 aromatic carbocycles. The lowest BCUT2D eigenvalue weighted by molar-refractivity contribution is -0.119. The van der Waals surface area contributed by atoms with Crippen LogP contribution in [0.5, 0.6) is 0 Å². The van der Waals surface area contributed by atoms with Crippen LogP contribution < -0.4 is 5.32 Å². The van der Waals surface area contributed by atoms with Crippen LogP contribution in [0.4, 0.5) is 10.1 Å². The van der Waals surface area contributed by atoms with Crippen molar-refractivity contribution in [3.63, 3.8) is 0 Å². The highest BCUT2D eigenvalue weighted by Crippen LogP contribution is 2.30. The summed E-state index contributed by atoms with van der Waals surface area (Å²) in [7, 11) is 0. The molecule has 0 aromatic heterocycles. The molecule has 2 N–H and O–H groups in total. The van der Waals surface area contributed by atoms with Crippen LogP contribution in [0, 0.1) is 17.7 Å². The lowest BCUT2D eigenvalue weighted by Crippen LogP contribution is -2.22. The van der Waals surface area contributed by atoms with Crippen molar-refractivity contribution in [2.45, 2.75) is 39.0 Å². The molecular formula is C16H20FNO3. The molecule has 0 radical (unpaired) electrons. The first-order valence-corrected chi connectivity index (χ1v) is 7.31. The second-order valence-corrected chi connectivity index (χ2v) is 5.78. The minimum atomic E-state index is -1.19. The van der Waals surface area contributed by atoms with Crippen LogP contribution in [0.15, 0.2) is 18.2 Å². The average molecular weight is 293 g/mol. The Morgan fingerprint density at radius 3 is 2.62 bits per heavy atom. The Bertz CT molecular complexity index is 538. The Kier molecular flexibility index (Phi) is 4.94. The molecule has 114 valence electrons. The summed E-state index contributed by atoms with van der Waals surface area (Å²) in [6.45, 7) is 1.84. The molecule has 0 saturated heterocycles. The Labute approximate surface area is 123 Å². The Hall–Kier alpha value is -1.91. The van der Waals surface area contributed by atoms with Crippen molar-refractivity contribution < 1.29 is 19.1 Å². The standard InChI is InChI=1S/C16H20FNO3/c1-10(8-11-4-2-3-5-11)15(19)18-14-7-6-12(16(20)21)9-13(14)17/h6-7,9-11H,2-5,8H2,1H3,(H,18,19)(H,20,21). The molecule has 2 rings (SSSR count). The number of carboxylic acid groups (broad SMARTS) is 1. The van der Waals surface area contributed by atoms with Crippen molar-refractivity contribution >= 4 is 17.6 Å². The van der Waals surface area contributed by atoms with Gasteiger partial charge in [-0.15, -0.1) is 0 Å². The van der Waals surface area contributed by atoms with Gasteiger partial charge in [0.2, 0.25) is 5.91 Å². The highest BCUT2D eigenvalue weighted by atomic mass is 19.1. The van der Waals surface area contributed by atoms with E-state index in [1.165, 1.54) is 37.8 Å². The predicted molar refractivity (Wildman–Crippen MR) is 77.7 cm³/mol. The van der Waals surface area contributed by atoms with Gasteiger partial charge in [-0.25, -0.2) is 9.18 Å². The molecule has 1 fully saturated rings. The molecule has 1 aliphatic rings. The first kappa shape index (κ1) is 15.5. The van der Waals surface area contributed by atoms with Gasteiger partial charge in [-0.2, -0.15) is 0 Å². The molecule has 0 spiro atoms. The summed E-state index contributed by atoms with van der Waals surface area (Å²) < 4.78 is 13.8. The molecule has 1 saturated carbocycles. The average Bonchev–Trinajstić information content (AvgIpc) is 2.93. The van der Waals surface area contributed by atoms with E-state index in [2.05, 4.69) is 5.32 Å². The number of nitrogens with one attached hydrogen (secondary N) is 1. The van der Waals surface area contributed by atoms with Gasteiger partial charge in [-0.05, 0) is 30.5 Å². The molecule has 1 aromatic rings. The zero-order valence-electron chi connectivity index (χ0n) is 12.1. The molecule has 0 heterocycles. The molecule has 5 heteroatoms. The van der Waals surface area contributed by atoms with E-state index in [0.29, 0.717) is 5.92 Å². The van der Waals surface area contributed by atoms with Crippen LogP contribution in [-0.4, -0.2) is 17.0 Å². The van der Waals surface area contributed by atoms with E-state index in [1.54, 1.807) is 0 Å². The third kappa shape index (κ3) is 4.03. The van der Waals surface area contributed by atoms with Crippen LogP contribution in [0.1, 0.15) is 49.4 Å². The minimum Gasteiger partial charge on any atom is -0.478 e. The topological polar surface area (TPSA) is 66.4 Å². The maximum absolute atomic E-state index is 13.8. The van der Waals surface area contributed by atoms with Crippen LogP contribution in [0.2, 0.25) is 0 Å². The van der Waals surface area contributed by atoms with Crippen LogP contribution in [0.25, 0.3) is 0 Å². The number of aromatic carboxylic acids is 1. The van der Waals surface area contributed by atoms with Crippen LogP contribution >= 0.6 is 0 Å². The maximum atomic E-state index is 13.8. The van der Waals surface area contributed by atoms with Gasteiger partial charge in [-0.3, -0.25) is 4.79 Å². The summed E-state index contributed by atoms with van der Waals surface area (Å²) in [5.41, 5.74) is -0.104. The van der Waals surface area contributed by atoms with Crippen molar-refractivity contribution in [3.8, 4) is 0 Å². The van der Waals surface area contributed by atoms with Gasteiger partial charge in [0.1, 0.15) is 5.82 Å². The van der Waals surface area contributed by atoms with Crippen molar-refractivity contribution in [1.82, 2.24) is 0 Å². The molecule has 0 bridgehead atoms. The zero-order valence-corrected chi connectivity index (χ0v) is 12.1. The summed E-state index contributed by atoms with van der Waals surface area (Å²) in [5, 5.41) is 11.3. The predicted octanol–water partition coefficient (Wildman–Crippen LogP) is 3.68. The maximum Gasteiger partial charge on any atom is 0.335 e. The number of hydrogen-bond acceptors (Lipinski definition) is 2. The normalized spacial score (nSPS) is 16.7. The number of carboxylic acids is 1. The smallest absolute Gasteiger partial charge is 0.335 e. The molecular weight excluding hydrogens is 273 g/mol. The number of carbonyl (C=O) groups is 2. The monoisotopic (exact) mass is 293 g/mol. The summed E-state index contributed by atoms with van der Waals surface area (Å²) >= 11 is 0. The second kappa shape index (κ2) is 6.70. The molecule has 1 unspecified atom stereocenters. The van der Waals surface area contributed by atoms with E-state index in [0.717, 1.165) is 12.5 Å². The van der Waals surface area contributed by atoms with Crippen molar-refractivity contribution in [2.24, 2.45) is 11.8 Å². The number of hydrogen-bond donors (Lipinski definition) is 2.